The van der Waals surface area contributed by atoms with Crippen LogP contribution < -0.4 is 0 Å². The summed E-state index contributed by atoms with van der Waals surface area (Å²) in [4.78, 5) is 0. The van der Waals surface area contributed by atoms with Crippen molar-refractivity contribution >= 4 is 86.2 Å². The second-order valence-corrected chi connectivity index (χ2v) is 20.0. The molecule has 0 amide bonds. The number of hydrogen-bond donors (Lipinski definition) is 0. The van der Waals surface area contributed by atoms with Crippen molar-refractivity contribution in [2.24, 2.45) is 0 Å². The molecule has 0 unspecified atom stereocenters. The first-order valence-corrected chi connectivity index (χ1v) is 25.2. The van der Waals surface area contributed by atoms with Gasteiger partial charge in [0, 0.05) is 0 Å². The standard InChI is InChI=1S/C72H46/c1-43-35-59-56-34-33-50(55-30-18-16-28-53(55)46-21-9-4-10-22-46)40-58(56)61-42-65-66(47-23-11-5-12-24-47)71-63-38-44(2)36-60-57-39-49(54-29-17-15-27-52(54)45-19-7-3-8-20-45)31-32-51(57)41-64(69(60)63)72(71)67(48-25-13-6-14-26-48)70(65)62(37-43)68(59)61/h3-42H,1-2H3. The molecule has 15 rings (SSSR count). The van der Waals surface area contributed by atoms with E-state index < -0.39 is 0 Å². The highest BCUT2D eigenvalue weighted by Crippen LogP contribution is 2.56. The van der Waals surface area contributed by atoms with Crippen molar-refractivity contribution in [2.75, 3.05) is 0 Å². The molecule has 0 aromatic heterocycles. The fraction of sp³-hybridized carbons (Fsp3) is 0.0278. The zero-order chi connectivity index (χ0) is 47.6. The van der Waals surface area contributed by atoms with Crippen LogP contribution in [0.3, 0.4) is 0 Å². The van der Waals surface area contributed by atoms with Gasteiger partial charge in [0.1, 0.15) is 0 Å². The molecule has 15 aromatic carbocycles. The Morgan fingerprint density at radius 3 is 1.15 bits per heavy atom. The fourth-order valence-electron chi connectivity index (χ4n) is 12.8. The van der Waals surface area contributed by atoms with E-state index in [4.69, 9.17) is 0 Å². The monoisotopic (exact) mass is 910 g/mol. The van der Waals surface area contributed by atoms with Crippen LogP contribution in [0.25, 0.3) is 153 Å². The molecular weight excluding hydrogens is 865 g/mol. The highest BCUT2D eigenvalue weighted by molar-refractivity contribution is 6.46. The van der Waals surface area contributed by atoms with Crippen LogP contribution in [0.4, 0.5) is 0 Å². The Morgan fingerprint density at radius 2 is 0.583 bits per heavy atom. The summed E-state index contributed by atoms with van der Waals surface area (Å²) in [6.45, 7) is 4.56. The molecule has 0 spiro atoms. The van der Waals surface area contributed by atoms with Crippen LogP contribution in [0.5, 0.6) is 0 Å². The molecule has 0 bridgehead atoms. The van der Waals surface area contributed by atoms with Crippen molar-refractivity contribution in [3.05, 3.63) is 254 Å². The van der Waals surface area contributed by atoms with Crippen molar-refractivity contribution < 1.29 is 0 Å². The van der Waals surface area contributed by atoms with Gasteiger partial charge in [0.25, 0.3) is 0 Å². The Morgan fingerprint density at radius 1 is 0.194 bits per heavy atom. The van der Waals surface area contributed by atoms with E-state index in [0.29, 0.717) is 0 Å². The van der Waals surface area contributed by atoms with Crippen molar-refractivity contribution in [1.82, 2.24) is 0 Å². The Balaban J connectivity index is 1.11. The third kappa shape index (κ3) is 6.00. The van der Waals surface area contributed by atoms with Crippen LogP contribution in [0.1, 0.15) is 11.1 Å². The molecule has 0 aliphatic rings. The first kappa shape index (κ1) is 40.8. The zero-order valence-corrected chi connectivity index (χ0v) is 40.1. The maximum absolute atomic E-state index is 2.58. The minimum Gasteiger partial charge on any atom is -0.0622 e. The normalized spacial score (nSPS) is 12.0. The number of hydrogen-bond acceptors (Lipinski definition) is 0. The number of fused-ring (bicyclic) bond motifs is 10. The van der Waals surface area contributed by atoms with E-state index in [1.165, 1.54) is 164 Å². The van der Waals surface area contributed by atoms with Gasteiger partial charge in [-0.3, -0.25) is 0 Å². The third-order valence-electron chi connectivity index (χ3n) is 15.8. The summed E-state index contributed by atoms with van der Waals surface area (Å²) in [5.74, 6) is 0. The van der Waals surface area contributed by atoms with Gasteiger partial charge in [-0.25, -0.2) is 0 Å². The molecule has 0 radical (unpaired) electrons. The van der Waals surface area contributed by atoms with E-state index in [-0.39, 0.29) is 0 Å². The minimum absolute atomic E-state index is 1.23. The lowest BCUT2D eigenvalue weighted by Crippen LogP contribution is -1.91. The molecule has 0 heterocycles. The molecule has 15 aromatic rings. The van der Waals surface area contributed by atoms with Crippen LogP contribution in [-0.2, 0) is 0 Å². The minimum atomic E-state index is 1.23. The van der Waals surface area contributed by atoms with Gasteiger partial charge in [0.2, 0.25) is 0 Å². The molecule has 0 heteroatoms. The van der Waals surface area contributed by atoms with Gasteiger partial charge in [-0.05, 0) is 202 Å². The van der Waals surface area contributed by atoms with Gasteiger partial charge in [0.15, 0.2) is 0 Å². The summed E-state index contributed by atoms with van der Waals surface area (Å²) in [5, 5.41) is 20.9. The average Bonchev–Trinajstić information content (AvgIpc) is 3.92. The number of benzene rings is 13. The van der Waals surface area contributed by atoms with Gasteiger partial charge in [-0.1, -0.05) is 218 Å². The molecular formula is C72H46. The average molecular weight is 911 g/mol. The number of rotatable bonds is 6. The molecule has 0 N–H and O–H groups in total. The van der Waals surface area contributed by atoms with E-state index in [1.807, 2.05) is 0 Å². The van der Waals surface area contributed by atoms with Crippen LogP contribution in [0.15, 0.2) is 243 Å². The van der Waals surface area contributed by atoms with Crippen molar-refractivity contribution in [3.63, 3.8) is 0 Å². The van der Waals surface area contributed by atoms with Gasteiger partial charge in [-0.15, -0.1) is 0 Å². The van der Waals surface area contributed by atoms with E-state index >= 15 is 0 Å². The predicted molar refractivity (Wildman–Crippen MR) is 311 cm³/mol. The van der Waals surface area contributed by atoms with Crippen molar-refractivity contribution in [1.29, 1.82) is 0 Å². The summed E-state index contributed by atoms with van der Waals surface area (Å²) in [6, 6.07) is 91.1. The largest absolute Gasteiger partial charge is 0.0622 e. The Kier molecular flexibility index (Phi) is 8.89. The van der Waals surface area contributed by atoms with Gasteiger partial charge in [-0.2, -0.15) is 0 Å². The maximum atomic E-state index is 2.58. The molecule has 0 saturated carbocycles. The summed E-state index contributed by atoms with van der Waals surface area (Å²) >= 11 is 0. The summed E-state index contributed by atoms with van der Waals surface area (Å²) < 4.78 is 0. The van der Waals surface area contributed by atoms with Gasteiger partial charge < -0.3 is 0 Å². The Bertz CT molecular complexity index is 4640. The van der Waals surface area contributed by atoms with Gasteiger partial charge in [0.05, 0.1) is 0 Å². The highest BCUT2D eigenvalue weighted by Gasteiger charge is 2.28. The molecule has 0 aliphatic carbocycles. The van der Waals surface area contributed by atoms with Crippen LogP contribution in [0.2, 0.25) is 0 Å². The summed E-state index contributed by atoms with van der Waals surface area (Å²) in [5.41, 5.74) is 17.5. The predicted octanol–water partition coefficient (Wildman–Crippen LogP) is 20.4. The Hall–Kier alpha value is -9.10. The fourth-order valence-corrected chi connectivity index (χ4v) is 12.8. The lowest BCUT2D eigenvalue weighted by Gasteiger charge is -2.19. The lowest BCUT2D eigenvalue weighted by molar-refractivity contribution is 1.53. The second kappa shape index (κ2) is 15.7. The summed E-state index contributed by atoms with van der Waals surface area (Å²) in [6.07, 6.45) is 0. The SMILES string of the molecule is Cc1cc2c3ccc(-c4ccccc4-c4ccccc4)cc3c3cc4c(-c5ccccc5)c5c6cc(C)cc7c8cc(-c9ccccc9-c9ccccc9)ccc8cc(c5c(-c5ccccc5)c4c(c1)c23)c76. The van der Waals surface area contributed by atoms with E-state index in [0.717, 1.165) is 0 Å². The highest BCUT2D eigenvalue weighted by atomic mass is 14.3. The molecule has 0 aliphatic heterocycles. The summed E-state index contributed by atoms with van der Waals surface area (Å²) in [7, 11) is 0. The van der Waals surface area contributed by atoms with Gasteiger partial charge >= 0.3 is 0 Å². The van der Waals surface area contributed by atoms with E-state index in [1.54, 1.807) is 0 Å². The lowest BCUT2D eigenvalue weighted by atomic mass is 9.83. The quantitative estimate of drug-likeness (QED) is 0.146. The topological polar surface area (TPSA) is 0 Å². The molecule has 334 valence electrons. The number of aryl methyl sites for hydroxylation is 2. The molecule has 0 saturated heterocycles. The molecule has 72 heavy (non-hydrogen) atoms. The van der Waals surface area contributed by atoms with Crippen molar-refractivity contribution in [2.45, 2.75) is 13.8 Å². The van der Waals surface area contributed by atoms with Crippen LogP contribution >= 0.6 is 0 Å². The smallest absolute Gasteiger partial charge is 0.000697 e. The molecule has 0 fully saturated rings. The Labute approximate surface area is 418 Å². The van der Waals surface area contributed by atoms with Crippen LogP contribution in [0, 0.1) is 13.8 Å². The van der Waals surface area contributed by atoms with E-state index in [9.17, 15) is 0 Å². The molecule has 0 nitrogen and oxygen atoms in total. The third-order valence-corrected chi connectivity index (χ3v) is 15.8. The first-order chi connectivity index (χ1) is 35.6. The first-order valence-electron chi connectivity index (χ1n) is 25.2. The van der Waals surface area contributed by atoms with Crippen molar-refractivity contribution in [3.8, 4) is 66.8 Å². The zero-order valence-electron chi connectivity index (χ0n) is 40.1. The molecule has 0 atom stereocenters. The van der Waals surface area contributed by atoms with E-state index in [2.05, 4.69) is 257 Å². The second-order valence-electron chi connectivity index (χ2n) is 20.0. The maximum Gasteiger partial charge on any atom is -0.000697 e. The van der Waals surface area contributed by atoms with Crippen LogP contribution in [-0.4, -0.2) is 0 Å².